The summed E-state index contributed by atoms with van der Waals surface area (Å²) in [6.45, 7) is 11.8. The van der Waals surface area contributed by atoms with Gasteiger partial charge in [-0.3, -0.25) is 14.7 Å². The predicted octanol–water partition coefficient (Wildman–Crippen LogP) is 4.48. The molecule has 9 nitrogen and oxygen atoms in total. The molecular weight excluding hydrogens is 546 g/mol. The van der Waals surface area contributed by atoms with Crippen LogP contribution in [0.3, 0.4) is 0 Å². The highest BCUT2D eigenvalue weighted by Gasteiger charge is 2.33. The molecule has 1 fully saturated rings. The molecule has 1 unspecified atom stereocenters. The van der Waals surface area contributed by atoms with Gasteiger partial charge in [-0.15, -0.1) is 12.4 Å². The lowest BCUT2D eigenvalue weighted by Crippen LogP contribution is -2.52. The van der Waals surface area contributed by atoms with Crippen LogP contribution in [-0.4, -0.2) is 57.0 Å². The fraction of sp³-hybridized carbons (Fsp3) is 0.464. The van der Waals surface area contributed by atoms with Gasteiger partial charge >= 0.3 is 5.97 Å². The Kier molecular flexibility index (Phi) is 8.13. The van der Waals surface area contributed by atoms with Crippen LogP contribution in [0.2, 0.25) is 0 Å². The summed E-state index contributed by atoms with van der Waals surface area (Å²) in [5.74, 6) is -3.19. The zero-order valence-corrected chi connectivity index (χ0v) is 23.9. The number of aryl methyl sites for hydroxylation is 2. The number of fused-ring (bicyclic) bond motifs is 2. The van der Waals surface area contributed by atoms with E-state index in [1.165, 1.54) is 4.57 Å². The fourth-order valence-corrected chi connectivity index (χ4v) is 5.45. The number of rotatable bonds is 5. The Balaban J connectivity index is 0.00000370. The molecule has 0 radical (unpaired) electrons. The Hall–Kier alpha value is -3.28. The van der Waals surface area contributed by atoms with Gasteiger partial charge in [-0.25, -0.2) is 13.6 Å². The van der Waals surface area contributed by atoms with Crippen molar-refractivity contribution in [2.75, 3.05) is 24.5 Å². The van der Waals surface area contributed by atoms with E-state index in [1.54, 1.807) is 11.8 Å². The van der Waals surface area contributed by atoms with Gasteiger partial charge < -0.3 is 24.0 Å². The zero-order chi connectivity index (χ0) is 28.2. The SMILES string of the molecule is CCn1cc(C(=O)O)c(=O)c2cc(F)c(N3CCN(Cc4cnc(C)c5c4COC(C)(C)O5)C(C)C3)c(F)c21.Cl. The minimum atomic E-state index is -1.44. The van der Waals surface area contributed by atoms with Gasteiger partial charge in [0, 0.05) is 70.6 Å². The van der Waals surface area contributed by atoms with E-state index in [0.717, 1.165) is 34.8 Å². The highest BCUT2D eigenvalue weighted by molar-refractivity contribution is 5.93. The van der Waals surface area contributed by atoms with E-state index in [0.29, 0.717) is 32.8 Å². The monoisotopic (exact) mass is 578 g/mol. The Bertz CT molecular complexity index is 1540. The van der Waals surface area contributed by atoms with Gasteiger partial charge in [-0.05, 0) is 32.4 Å². The Morgan fingerprint density at radius 3 is 2.65 bits per heavy atom. The van der Waals surface area contributed by atoms with Crippen molar-refractivity contribution < 1.29 is 28.2 Å². The number of benzene rings is 1. The number of pyridine rings is 2. The number of piperazine rings is 1. The van der Waals surface area contributed by atoms with Crippen molar-refractivity contribution in [3.8, 4) is 5.75 Å². The number of carboxylic acid groups (broad SMARTS) is 1. The molecule has 0 spiro atoms. The summed E-state index contributed by atoms with van der Waals surface area (Å²) < 4.78 is 44.5. The molecule has 5 rings (SSSR count). The maximum absolute atomic E-state index is 15.9. The van der Waals surface area contributed by atoms with E-state index >= 15 is 8.78 Å². The van der Waals surface area contributed by atoms with Crippen LogP contribution in [0.4, 0.5) is 14.5 Å². The molecule has 1 atom stereocenters. The van der Waals surface area contributed by atoms with Gasteiger partial charge in [0.05, 0.1) is 23.2 Å². The third-order valence-corrected chi connectivity index (χ3v) is 7.57. The number of hydrogen-bond acceptors (Lipinski definition) is 7. The van der Waals surface area contributed by atoms with Crippen molar-refractivity contribution >= 4 is 35.0 Å². The topological polar surface area (TPSA) is 97.1 Å². The van der Waals surface area contributed by atoms with Crippen LogP contribution in [0.25, 0.3) is 10.9 Å². The highest BCUT2D eigenvalue weighted by atomic mass is 35.5. The largest absolute Gasteiger partial charge is 0.477 e. The number of halogens is 3. The van der Waals surface area contributed by atoms with E-state index in [4.69, 9.17) is 9.47 Å². The van der Waals surface area contributed by atoms with Gasteiger partial charge in [-0.1, -0.05) is 0 Å². The fourth-order valence-electron chi connectivity index (χ4n) is 5.45. The van der Waals surface area contributed by atoms with Crippen molar-refractivity contribution in [3.63, 3.8) is 0 Å². The Morgan fingerprint density at radius 1 is 1.27 bits per heavy atom. The predicted molar refractivity (Wildman–Crippen MR) is 149 cm³/mol. The van der Waals surface area contributed by atoms with E-state index < -0.39 is 34.4 Å². The first-order valence-electron chi connectivity index (χ1n) is 13.0. The minimum absolute atomic E-state index is 0. The van der Waals surface area contributed by atoms with Crippen molar-refractivity contribution in [3.05, 3.63) is 62.7 Å². The van der Waals surface area contributed by atoms with Crippen LogP contribution < -0.4 is 15.1 Å². The molecular formula is C28H33ClF2N4O5. The number of carboxylic acids is 1. The third-order valence-electron chi connectivity index (χ3n) is 7.57. The second-order valence-electron chi connectivity index (χ2n) is 10.6. The lowest BCUT2D eigenvalue weighted by molar-refractivity contribution is -0.181. The van der Waals surface area contributed by atoms with Crippen molar-refractivity contribution in [2.24, 2.45) is 0 Å². The van der Waals surface area contributed by atoms with Crippen LogP contribution in [0, 0.1) is 18.6 Å². The molecule has 0 saturated carbocycles. The molecule has 4 heterocycles. The van der Waals surface area contributed by atoms with Gasteiger partial charge in [0.2, 0.25) is 11.2 Å². The van der Waals surface area contributed by atoms with E-state index in [2.05, 4.69) is 9.88 Å². The lowest BCUT2D eigenvalue weighted by atomic mass is 10.0. The van der Waals surface area contributed by atoms with Crippen molar-refractivity contribution in [1.29, 1.82) is 0 Å². The standard InChI is InChI=1S/C28H32F2N4O5.ClH/c1-6-32-13-19(27(36)37)25(35)18-9-21(29)24(22(30)23(18)32)34-8-7-33(15(2)11-34)12-17-10-31-16(3)26-20(17)14-38-28(4,5)39-26;/h9-10,13,15H,6-8,11-12,14H2,1-5H3,(H,36,37);1H. The summed E-state index contributed by atoms with van der Waals surface area (Å²) in [6.07, 6.45) is 2.94. The number of ether oxygens (including phenoxy) is 2. The van der Waals surface area contributed by atoms with Crippen LogP contribution in [-0.2, 0) is 24.4 Å². The summed E-state index contributed by atoms with van der Waals surface area (Å²) in [7, 11) is 0. The number of aromatic carboxylic acids is 1. The number of nitrogens with zero attached hydrogens (tertiary/aromatic N) is 4. The molecule has 1 N–H and O–H groups in total. The number of hydrogen-bond donors (Lipinski definition) is 1. The maximum Gasteiger partial charge on any atom is 0.341 e. The van der Waals surface area contributed by atoms with E-state index in [-0.39, 0.29) is 41.6 Å². The van der Waals surface area contributed by atoms with E-state index in [1.807, 2.05) is 33.9 Å². The van der Waals surface area contributed by atoms with Gasteiger partial charge in [-0.2, -0.15) is 0 Å². The molecule has 2 aliphatic rings. The van der Waals surface area contributed by atoms with E-state index in [9.17, 15) is 14.7 Å². The molecule has 2 aromatic heterocycles. The van der Waals surface area contributed by atoms with Gasteiger partial charge in [0.25, 0.3) is 0 Å². The van der Waals surface area contributed by atoms with Crippen molar-refractivity contribution in [1.82, 2.24) is 14.5 Å². The van der Waals surface area contributed by atoms with Crippen molar-refractivity contribution in [2.45, 2.75) is 66.1 Å². The molecule has 12 heteroatoms. The van der Waals surface area contributed by atoms with Gasteiger partial charge in [0.1, 0.15) is 22.8 Å². The first kappa shape index (κ1) is 29.7. The first-order chi connectivity index (χ1) is 18.4. The maximum atomic E-state index is 15.9. The molecule has 3 aromatic rings. The molecule has 1 saturated heterocycles. The second kappa shape index (κ2) is 10.9. The first-order valence-corrected chi connectivity index (χ1v) is 13.0. The summed E-state index contributed by atoms with van der Waals surface area (Å²) in [4.78, 5) is 32.6. The molecule has 216 valence electrons. The Morgan fingerprint density at radius 2 is 2.00 bits per heavy atom. The Labute approximate surface area is 236 Å². The normalized spacial score (nSPS) is 18.7. The quantitative estimate of drug-likeness (QED) is 0.473. The van der Waals surface area contributed by atoms with Crippen LogP contribution in [0.15, 0.2) is 23.3 Å². The number of carbonyl (C=O) groups is 1. The number of aromatic nitrogens is 2. The summed E-state index contributed by atoms with van der Waals surface area (Å²) in [5.41, 5.74) is 1.00. The average Bonchev–Trinajstić information content (AvgIpc) is 2.87. The molecule has 40 heavy (non-hydrogen) atoms. The highest BCUT2D eigenvalue weighted by Crippen LogP contribution is 2.36. The summed E-state index contributed by atoms with van der Waals surface area (Å²) in [5, 5.41) is 9.09. The van der Waals surface area contributed by atoms with Crippen LogP contribution >= 0.6 is 12.4 Å². The van der Waals surface area contributed by atoms with Crippen LogP contribution in [0.5, 0.6) is 5.75 Å². The molecule has 1 aromatic carbocycles. The molecule has 0 bridgehead atoms. The molecule has 0 aliphatic carbocycles. The lowest BCUT2D eigenvalue weighted by Gasteiger charge is -2.42. The zero-order valence-electron chi connectivity index (χ0n) is 23.1. The summed E-state index contributed by atoms with van der Waals surface area (Å²) in [6, 6.07) is 0.895. The smallest absolute Gasteiger partial charge is 0.341 e. The van der Waals surface area contributed by atoms with Gasteiger partial charge in [0.15, 0.2) is 5.82 Å². The molecule has 0 amide bonds. The number of anilines is 1. The molecule has 2 aliphatic heterocycles. The van der Waals surface area contributed by atoms with Crippen LogP contribution in [0.1, 0.15) is 54.9 Å². The minimum Gasteiger partial charge on any atom is -0.477 e. The third kappa shape index (κ3) is 5.13. The average molecular weight is 579 g/mol. The summed E-state index contributed by atoms with van der Waals surface area (Å²) >= 11 is 0. The second-order valence-corrected chi connectivity index (χ2v) is 10.6.